The Balaban J connectivity index is 3.31. The third kappa shape index (κ3) is 3.23. The van der Waals surface area contributed by atoms with Gasteiger partial charge in [0.25, 0.3) is 0 Å². The van der Waals surface area contributed by atoms with Crippen molar-refractivity contribution in [2.45, 2.75) is 25.9 Å². The molecule has 6 heteroatoms. The molecule has 18 heavy (non-hydrogen) atoms. The molecule has 0 spiro atoms. The van der Waals surface area contributed by atoms with Gasteiger partial charge in [-0.05, 0) is 32.0 Å². The van der Waals surface area contributed by atoms with E-state index >= 15 is 0 Å². The van der Waals surface area contributed by atoms with Gasteiger partial charge in [0.1, 0.15) is 0 Å². The summed E-state index contributed by atoms with van der Waals surface area (Å²) in [6.45, 7) is 3.49. The highest BCUT2D eigenvalue weighted by molar-refractivity contribution is 9.10. The van der Waals surface area contributed by atoms with Crippen molar-refractivity contribution in [1.82, 2.24) is 4.90 Å². The first-order valence-corrected chi connectivity index (χ1v) is 6.46. The maximum absolute atomic E-state index is 11.4. The smallest absolute Gasteiger partial charge is 0.331 e. The van der Waals surface area contributed by atoms with Crippen LogP contribution < -0.4 is 0 Å². The number of nitrogens with zero attached hydrogens (tertiary/aromatic N) is 1. The molecule has 0 saturated heterocycles. The summed E-state index contributed by atoms with van der Waals surface area (Å²) in [5.74, 6) is -1.12. The van der Waals surface area contributed by atoms with Crippen LogP contribution in [0.25, 0.3) is 0 Å². The second kappa shape index (κ2) is 6.20. The number of hydrogen-bond donors (Lipinski definition) is 1. The van der Waals surface area contributed by atoms with Crippen LogP contribution in [0.3, 0.4) is 0 Å². The molecule has 4 nitrogen and oxygen atoms in total. The summed E-state index contributed by atoms with van der Waals surface area (Å²) < 4.78 is 0.711. The quantitative estimate of drug-likeness (QED) is 0.842. The van der Waals surface area contributed by atoms with Crippen molar-refractivity contribution in [3.05, 3.63) is 33.3 Å². The molecule has 1 aromatic carbocycles. The standard InChI is InChI=1S/C12H13BrClNO3/c1-7(2)15(6-16)11(12(17)18)9-5-8(13)3-4-10(9)14/h3-7,11H,1-2H3,(H,17,18). The molecule has 0 heterocycles. The van der Waals surface area contributed by atoms with E-state index < -0.39 is 12.0 Å². The first-order chi connectivity index (χ1) is 8.38. The third-order valence-electron chi connectivity index (χ3n) is 2.50. The van der Waals surface area contributed by atoms with Crippen LogP contribution in [0.5, 0.6) is 0 Å². The van der Waals surface area contributed by atoms with Crippen molar-refractivity contribution in [2.24, 2.45) is 0 Å². The fourth-order valence-electron chi connectivity index (χ4n) is 1.63. The van der Waals surface area contributed by atoms with Crippen LogP contribution in [0.15, 0.2) is 22.7 Å². The molecule has 0 radical (unpaired) electrons. The van der Waals surface area contributed by atoms with Crippen LogP contribution in [0.4, 0.5) is 0 Å². The number of carbonyl (C=O) groups excluding carboxylic acids is 1. The van der Waals surface area contributed by atoms with Gasteiger partial charge in [-0.2, -0.15) is 0 Å². The summed E-state index contributed by atoms with van der Waals surface area (Å²) in [5.41, 5.74) is 0.388. The average molecular weight is 335 g/mol. The van der Waals surface area contributed by atoms with Crippen LogP contribution in [0.2, 0.25) is 5.02 Å². The van der Waals surface area contributed by atoms with E-state index in [0.717, 1.165) is 0 Å². The fraction of sp³-hybridized carbons (Fsp3) is 0.333. The summed E-state index contributed by atoms with van der Waals surface area (Å²) in [6, 6.07) is 3.59. The van der Waals surface area contributed by atoms with Gasteiger partial charge in [-0.3, -0.25) is 4.79 Å². The Morgan fingerprint density at radius 2 is 2.11 bits per heavy atom. The number of carboxylic acid groups (broad SMARTS) is 1. The average Bonchev–Trinajstić information content (AvgIpc) is 2.28. The Morgan fingerprint density at radius 3 is 2.56 bits per heavy atom. The SMILES string of the molecule is CC(C)N(C=O)C(C(=O)O)c1cc(Br)ccc1Cl. The lowest BCUT2D eigenvalue weighted by Gasteiger charge is -2.29. The zero-order chi connectivity index (χ0) is 13.9. The lowest BCUT2D eigenvalue weighted by Crippen LogP contribution is -2.38. The second-order valence-electron chi connectivity index (χ2n) is 4.05. The Morgan fingerprint density at radius 1 is 1.50 bits per heavy atom. The minimum Gasteiger partial charge on any atom is -0.479 e. The molecule has 0 fully saturated rings. The van der Waals surface area contributed by atoms with Crippen molar-refractivity contribution < 1.29 is 14.7 Å². The van der Waals surface area contributed by atoms with E-state index in [0.29, 0.717) is 21.5 Å². The first kappa shape index (κ1) is 15.0. The van der Waals surface area contributed by atoms with Crippen molar-refractivity contribution in [3.8, 4) is 0 Å². The van der Waals surface area contributed by atoms with Gasteiger partial charge in [0.2, 0.25) is 6.41 Å². The first-order valence-electron chi connectivity index (χ1n) is 5.29. The van der Waals surface area contributed by atoms with Crippen molar-refractivity contribution in [2.75, 3.05) is 0 Å². The van der Waals surface area contributed by atoms with Gasteiger partial charge >= 0.3 is 5.97 Å². The zero-order valence-corrected chi connectivity index (χ0v) is 12.3. The number of rotatable bonds is 5. The Labute approximate surface area is 119 Å². The summed E-state index contributed by atoms with van der Waals surface area (Å²) in [6.07, 6.45) is 0.528. The molecule has 1 rings (SSSR count). The number of carbonyl (C=O) groups is 2. The Kier molecular flexibility index (Phi) is 5.16. The number of benzene rings is 1. The number of halogens is 2. The molecule has 98 valence electrons. The molecule has 1 atom stereocenters. The van der Waals surface area contributed by atoms with Gasteiger partial charge in [0, 0.05) is 21.1 Å². The molecule has 0 aromatic heterocycles. The monoisotopic (exact) mass is 333 g/mol. The molecule has 1 amide bonds. The summed E-state index contributed by atoms with van der Waals surface area (Å²) in [7, 11) is 0. The van der Waals surface area contributed by atoms with E-state index in [1.807, 2.05) is 0 Å². The fourth-order valence-corrected chi connectivity index (χ4v) is 2.23. The lowest BCUT2D eigenvalue weighted by atomic mass is 10.0. The highest BCUT2D eigenvalue weighted by Gasteiger charge is 2.30. The van der Waals surface area contributed by atoms with Gasteiger partial charge in [0.15, 0.2) is 6.04 Å². The van der Waals surface area contributed by atoms with Gasteiger partial charge in [-0.25, -0.2) is 4.79 Å². The number of hydrogen-bond acceptors (Lipinski definition) is 2. The Bertz CT molecular complexity index is 465. The molecule has 0 aliphatic heterocycles. The Hall–Kier alpha value is -1.07. The molecule has 1 N–H and O–H groups in total. The van der Waals surface area contributed by atoms with E-state index in [2.05, 4.69) is 15.9 Å². The van der Waals surface area contributed by atoms with Crippen LogP contribution >= 0.6 is 27.5 Å². The normalized spacial score (nSPS) is 12.3. The second-order valence-corrected chi connectivity index (χ2v) is 5.38. The van der Waals surface area contributed by atoms with Crippen LogP contribution in [0.1, 0.15) is 25.5 Å². The molecular formula is C12H13BrClNO3. The van der Waals surface area contributed by atoms with Gasteiger partial charge in [-0.15, -0.1) is 0 Å². The summed E-state index contributed by atoms with van der Waals surface area (Å²) in [5, 5.41) is 9.64. The topological polar surface area (TPSA) is 57.6 Å². The van der Waals surface area contributed by atoms with E-state index in [1.165, 1.54) is 4.90 Å². The van der Waals surface area contributed by atoms with E-state index in [9.17, 15) is 14.7 Å². The highest BCUT2D eigenvalue weighted by atomic mass is 79.9. The van der Waals surface area contributed by atoms with E-state index in [1.54, 1.807) is 32.0 Å². The molecule has 1 aromatic rings. The molecule has 0 bridgehead atoms. The van der Waals surface area contributed by atoms with Gasteiger partial charge < -0.3 is 10.0 Å². The van der Waals surface area contributed by atoms with E-state index in [4.69, 9.17) is 11.6 Å². The minimum absolute atomic E-state index is 0.237. The van der Waals surface area contributed by atoms with Crippen LogP contribution in [0, 0.1) is 0 Å². The minimum atomic E-state index is -1.12. The van der Waals surface area contributed by atoms with E-state index in [-0.39, 0.29) is 6.04 Å². The molecule has 0 saturated carbocycles. The molecule has 0 aliphatic carbocycles. The third-order valence-corrected chi connectivity index (χ3v) is 3.34. The van der Waals surface area contributed by atoms with Crippen molar-refractivity contribution >= 4 is 39.9 Å². The molecular weight excluding hydrogens is 321 g/mol. The number of amides is 1. The van der Waals surface area contributed by atoms with Gasteiger partial charge in [-0.1, -0.05) is 27.5 Å². The van der Waals surface area contributed by atoms with Gasteiger partial charge in [0.05, 0.1) is 0 Å². The maximum Gasteiger partial charge on any atom is 0.331 e. The maximum atomic E-state index is 11.4. The number of aliphatic carboxylic acids is 1. The summed E-state index contributed by atoms with van der Waals surface area (Å²) in [4.78, 5) is 23.7. The largest absolute Gasteiger partial charge is 0.479 e. The predicted octanol–water partition coefficient (Wildman–Crippen LogP) is 3.10. The molecule has 1 unspecified atom stereocenters. The highest BCUT2D eigenvalue weighted by Crippen LogP contribution is 2.31. The van der Waals surface area contributed by atoms with Crippen molar-refractivity contribution in [1.29, 1.82) is 0 Å². The van der Waals surface area contributed by atoms with Crippen LogP contribution in [-0.2, 0) is 9.59 Å². The van der Waals surface area contributed by atoms with Crippen molar-refractivity contribution in [3.63, 3.8) is 0 Å². The zero-order valence-electron chi connectivity index (χ0n) is 9.93. The summed E-state index contributed by atoms with van der Waals surface area (Å²) >= 11 is 9.28. The number of carboxylic acids is 1. The molecule has 0 aliphatic rings. The predicted molar refractivity (Wildman–Crippen MR) is 72.6 cm³/mol. The van der Waals surface area contributed by atoms with Crippen LogP contribution in [-0.4, -0.2) is 28.4 Å². The lowest BCUT2D eigenvalue weighted by molar-refractivity contribution is -0.147.